The minimum Gasteiger partial charge on any atom is -0.351 e. The molecule has 1 aromatic carbocycles. The van der Waals surface area contributed by atoms with Crippen molar-refractivity contribution in [2.75, 3.05) is 11.9 Å². The van der Waals surface area contributed by atoms with Crippen molar-refractivity contribution in [2.45, 2.75) is 26.2 Å². The Morgan fingerprint density at radius 3 is 2.52 bits per heavy atom. The first-order chi connectivity index (χ1) is 15.0. The molecule has 2 amide bonds. The van der Waals surface area contributed by atoms with Gasteiger partial charge < -0.3 is 10.6 Å². The van der Waals surface area contributed by atoms with Crippen molar-refractivity contribution in [3.05, 3.63) is 80.4 Å². The second-order valence-corrected chi connectivity index (χ2v) is 8.81. The molecule has 8 heteroatoms. The average Bonchev–Trinajstić information content (AvgIpc) is 3.21. The van der Waals surface area contributed by atoms with Crippen LogP contribution < -0.4 is 16.2 Å². The zero-order valence-corrected chi connectivity index (χ0v) is 18.7. The van der Waals surface area contributed by atoms with Crippen LogP contribution in [0.15, 0.2) is 65.6 Å². The number of aromatic nitrogens is 1. The molecule has 0 radical (unpaired) electrons. The smallest absolute Gasteiger partial charge is 0.261 e. The molecular formula is C23H24ClN3O3S. The predicted molar refractivity (Wildman–Crippen MR) is 125 cm³/mol. The molecule has 3 rings (SSSR count). The van der Waals surface area contributed by atoms with Crippen molar-refractivity contribution >= 4 is 40.4 Å². The maximum atomic E-state index is 12.8. The number of benzene rings is 1. The first-order valence-corrected chi connectivity index (χ1v) is 11.3. The molecule has 1 unspecified atom stereocenters. The number of carbonyl (C=O) groups is 2. The molecule has 2 heterocycles. The molecule has 0 fully saturated rings. The molecule has 31 heavy (non-hydrogen) atoms. The summed E-state index contributed by atoms with van der Waals surface area (Å²) in [5, 5.41) is 5.75. The molecule has 2 aromatic heterocycles. The fourth-order valence-electron chi connectivity index (χ4n) is 3.11. The number of unbranched alkanes of at least 4 members (excludes halogenated alkanes) is 1. The summed E-state index contributed by atoms with van der Waals surface area (Å²) in [6.45, 7) is 2.31. The first kappa shape index (κ1) is 22.8. The highest BCUT2D eigenvalue weighted by Crippen LogP contribution is 2.21. The molecule has 0 saturated carbocycles. The van der Waals surface area contributed by atoms with Gasteiger partial charge in [-0.3, -0.25) is 19.0 Å². The number of rotatable bonds is 9. The predicted octanol–water partition coefficient (Wildman–Crippen LogP) is 4.73. The largest absolute Gasteiger partial charge is 0.351 e. The molecule has 162 valence electrons. The Hall–Kier alpha value is -2.90. The van der Waals surface area contributed by atoms with Gasteiger partial charge in [0.15, 0.2) is 0 Å². The van der Waals surface area contributed by atoms with Crippen molar-refractivity contribution in [2.24, 2.45) is 5.92 Å². The minimum absolute atomic E-state index is 0.123. The van der Waals surface area contributed by atoms with Gasteiger partial charge in [0.25, 0.3) is 11.5 Å². The summed E-state index contributed by atoms with van der Waals surface area (Å²) < 4.78 is 2.08. The fourth-order valence-corrected chi connectivity index (χ4v) is 4.07. The second kappa shape index (κ2) is 10.9. The number of thiophene rings is 1. The van der Waals surface area contributed by atoms with Crippen molar-refractivity contribution in [3.63, 3.8) is 0 Å². The Labute approximate surface area is 189 Å². The van der Waals surface area contributed by atoms with E-state index >= 15 is 0 Å². The van der Waals surface area contributed by atoms with Gasteiger partial charge in [0.05, 0.1) is 15.1 Å². The van der Waals surface area contributed by atoms with Crippen LogP contribution in [0.3, 0.4) is 0 Å². The number of hydrogen-bond donors (Lipinski definition) is 2. The minimum atomic E-state index is -0.351. The summed E-state index contributed by atoms with van der Waals surface area (Å²) in [5.74, 6) is -0.734. The Balaban J connectivity index is 1.63. The van der Waals surface area contributed by atoms with E-state index in [1.165, 1.54) is 22.0 Å². The molecule has 0 saturated heterocycles. The van der Waals surface area contributed by atoms with Crippen LogP contribution in [0.4, 0.5) is 5.69 Å². The lowest BCUT2D eigenvalue weighted by molar-refractivity contribution is -0.119. The highest BCUT2D eigenvalue weighted by Gasteiger charge is 2.20. The van der Waals surface area contributed by atoms with Gasteiger partial charge in [-0.05, 0) is 48.9 Å². The molecule has 0 spiro atoms. The number of pyridine rings is 1. The van der Waals surface area contributed by atoms with E-state index in [4.69, 9.17) is 11.6 Å². The third-order valence-corrected chi connectivity index (χ3v) is 6.05. The lowest BCUT2D eigenvalue weighted by Gasteiger charge is -2.17. The second-order valence-electron chi connectivity index (χ2n) is 7.10. The Kier molecular flexibility index (Phi) is 8.03. The van der Waals surface area contributed by atoms with Gasteiger partial charge >= 0.3 is 0 Å². The third kappa shape index (κ3) is 6.29. The summed E-state index contributed by atoms with van der Waals surface area (Å²) in [6.07, 6.45) is 4.21. The molecule has 1 atom stereocenters. The van der Waals surface area contributed by atoms with Crippen molar-refractivity contribution in [3.8, 4) is 5.69 Å². The number of hydrogen-bond acceptors (Lipinski definition) is 4. The van der Waals surface area contributed by atoms with E-state index in [1.54, 1.807) is 54.7 Å². The summed E-state index contributed by atoms with van der Waals surface area (Å²) in [4.78, 5) is 37.6. The number of nitrogens with zero attached hydrogens (tertiary/aromatic N) is 1. The Morgan fingerprint density at radius 2 is 1.87 bits per heavy atom. The molecule has 0 aliphatic carbocycles. The van der Waals surface area contributed by atoms with E-state index < -0.39 is 0 Å². The fraction of sp³-hybridized carbons (Fsp3) is 0.261. The SMILES string of the molecule is CCCCC(CNC(=O)c1ccc(Cl)s1)C(=O)Nc1ccc(-n2ccccc2=O)cc1. The van der Waals surface area contributed by atoms with Gasteiger partial charge in [0.2, 0.25) is 5.91 Å². The highest BCUT2D eigenvalue weighted by atomic mass is 35.5. The molecule has 0 aliphatic rings. The molecule has 0 bridgehead atoms. The van der Waals surface area contributed by atoms with Gasteiger partial charge in [-0.25, -0.2) is 0 Å². The van der Waals surface area contributed by atoms with Gasteiger partial charge in [-0.15, -0.1) is 11.3 Å². The Morgan fingerprint density at radius 1 is 1.10 bits per heavy atom. The molecule has 6 nitrogen and oxygen atoms in total. The number of amides is 2. The topological polar surface area (TPSA) is 80.2 Å². The van der Waals surface area contributed by atoms with Gasteiger partial charge in [-0.1, -0.05) is 37.4 Å². The number of nitrogens with one attached hydrogen (secondary N) is 2. The lowest BCUT2D eigenvalue weighted by Crippen LogP contribution is -2.35. The van der Waals surface area contributed by atoms with Crippen LogP contribution in [0, 0.1) is 5.92 Å². The third-order valence-electron chi connectivity index (χ3n) is 4.82. The quantitative estimate of drug-likeness (QED) is 0.487. The summed E-state index contributed by atoms with van der Waals surface area (Å²) in [6, 6.07) is 15.4. The zero-order valence-electron chi connectivity index (χ0n) is 17.1. The van der Waals surface area contributed by atoms with Gasteiger partial charge in [-0.2, -0.15) is 0 Å². The number of anilines is 1. The molecule has 3 aromatic rings. The maximum absolute atomic E-state index is 12.8. The summed E-state index contributed by atoms with van der Waals surface area (Å²) in [7, 11) is 0. The van der Waals surface area contributed by atoms with Crippen molar-refractivity contribution in [1.29, 1.82) is 0 Å². The van der Waals surface area contributed by atoms with E-state index in [9.17, 15) is 14.4 Å². The summed E-state index contributed by atoms with van der Waals surface area (Å²) >= 11 is 7.10. The van der Waals surface area contributed by atoms with Crippen LogP contribution in [0.5, 0.6) is 0 Å². The van der Waals surface area contributed by atoms with E-state index in [-0.39, 0.29) is 29.8 Å². The van der Waals surface area contributed by atoms with Crippen molar-refractivity contribution in [1.82, 2.24) is 9.88 Å². The van der Waals surface area contributed by atoms with Gasteiger partial charge in [0.1, 0.15) is 0 Å². The van der Waals surface area contributed by atoms with Crippen LogP contribution in [0.2, 0.25) is 4.34 Å². The van der Waals surface area contributed by atoms with Crippen molar-refractivity contribution < 1.29 is 9.59 Å². The van der Waals surface area contributed by atoms with Crippen LogP contribution in [0.1, 0.15) is 35.9 Å². The zero-order chi connectivity index (χ0) is 22.2. The number of carbonyl (C=O) groups excluding carboxylic acids is 2. The normalized spacial score (nSPS) is 11.7. The summed E-state index contributed by atoms with van der Waals surface area (Å²) in [5.41, 5.74) is 1.23. The Bertz CT molecular complexity index is 1090. The molecule has 2 N–H and O–H groups in total. The lowest BCUT2D eigenvalue weighted by atomic mass is 10.0. The van der Waals surface area contributed by atoms with Crippen LogP contribution in [-0.4, -0.2) is 22.9 Å². The first-order valence-electron chi connectivity index (χ1n) is 10.1. The molecule has 0 aliphatic heterocycles. The monoisotopic (exact) mass is 457 g/mol. The van der Waals surface area contributed by atoms with E-state index in [2.05, 4.69) is 17.6 Å². The maximum Gasteiger partial charge on any atom is 0.261 e. The average molecular weight is 458 g/mol. The standard InChI is InChI=1S/C23H24ClN3O3S/c1-2-3-6-16(15-25-23(30)19-12-13-20(24)31-19)22(29)26-17-8-10-18(11-9-17)27-14-5-4-7-21(27)28/h4-5,7-14,16H,2-3,6,15H2,1H3,(H,25,30)(H,26,29). The highest BCUT2D eigenvalue weighted by molar-refractivity contribution is 7.18. The van der Waals surface area contributed by atoms with Crippen LogP contribution in [-0.2, 0) is 4.79 Å². The van der Waals surface area contributed by atoms with E-state index in [0.29, 0.717) is 27.0 Å². The molecular weight excluding hydrogens is 434 g/mol. The van der Waals surface area contributed by atoms with E-state index in [1.807, 2.05) is 0 Å². The van der Waals surface area contributed by atoms with Crippen LogP contribution in [0.25, 0.3) is 5.69 Å². The van der Waals surface area contributed by atoms with E-state index in [0.717, 1.165) is 12.8 Å². The van der Waals surface area contributed by atoms with Crippen LogP contribution >= 0.6 is 22.9 Å². The number of halogens is 1. The van der Waals surface area contributed by atoms with Gasteiger partial charge in [0, 0.05) is 30.2 Å².